The number of thiophene rings is 1. The van der Waals surface area contributed by atoms with E-state index in [9.17, 15) is 9.59 Å². The minimum Gasteiger partial charge on any atom is -0.465 e. The third-order valence-corrected chi connectivity index (χ3v) is 7.10. The van der Waals surface area contributed by atoms with Crippen LogP contribution >= 0.6 is 11.3 Å². The molecule has 2 fully saturated rings. The molecule has 1 aromatic rings. The van der Waals surface area contributed by atoms with E-state index in [1.165, 1.54) is 37.7 Å². The highest BCUT2D eigenvalue weighted by molar-refractivity contribution is 7.17. The molecule has 3 aliphatic rings. The van der Waals surface area contributed by atoms with Crippen molar-refractivity contribution in [1.82, 2.24) is 0 Å². The van der Waals surface area contributed by atoms with Crippen LogP contribution in [0.3, 0.4) is 0 Å². The number of hydrogen-bond acceptors (Lipinski definition) is 4. The highest BCUT2D eigenvalue weighted by atomic mass is 32.1. The first kappa shape index (κ1) is 15.2. The molecule has 0 radical (unpaired) electrons. The number of hydrogen-bond donors (Lipinski definition) is 1. The van der Waals surface area contributed by atoms with Crippen LogP contribution in [0.2, 0.25) is 0 Å². The number of rotatable bonds is 4. The molecule has 1 amide bonds. The van der Waals surface area contributed by atoms with Gasteiger partial charge < -0.3 is 10.1 Å². The van der Waals surface area contributed by atoms with Gasteiger partial charge in [-0.05, 0) is 61.8 Å². The van der Waals surface area contributed by atoms with E-state index < -0.39 is 0 Å². The third kappa shape index (κ3) is 2.69. The minimum atomic E-state index is -0.320. The van der Waals surface area contributed by atoms with E-state index in [-0.39, 0.29) is 11.9 Å². The second kappa shape index (κ2) is 5.93. The standard InChI is InChI=1S/C18H23NO3S/c1-22-18(21)16-13-3-2-4-14(13)23-17(16)19-15(20)9-12-8-10-5-6-11(12)7-10/h10-12H,2-9H2,1H3,(H,19,20)/t10-,11+,12-/m0/s1. The summed E-state index contributed by atoms with van der Waals surface area (Å²) in [6.07, 6.45) is 8.79. The molecular weight excluding hydrogens is 310 g/mol. The summed E-state index contributed by atoms with van der Waals surface area (Å²) in [5.41, 5.74) is 1.70. The molecule has 3 aliphatic carbocycles. The number of nitrogens with one attached hydrogen (secondary N) is 1. The Bertz CT molecular complexity index is 651. The van der Waals surface area contributed by atoms with Crippen LogP contribution in [0.25, 0.3) is 0 Å². The van der Waals surface area contributed by atoms with Crippen LogP contribution < -0.4 is 5.32 Å². The molecule has 1 heterocycles. The second-order valence-corrected chi connectivity index (χ2v) is 8.35. The summed E-state index contributed by atoms with van der Waals surface area (Å²) < 4.78 is 4.93. The van der Waals surface area contributed by atoms with Crippen molar-refractivity contribution in [3.05, 3.63) is 16.0 Å². The Morgan fingerprint density at radius 2 is 2.13 bits per heavy atom. The molecule has 0 spiro atoms. The molecule has 3 atom stereocenters. The van der Waals surface area contributed by atoms with Crippen molar-refractivity contribution in [1.29, 1.82) is 0 Å². The number of methoxy groups -OCH3 is 1. The molecule has 23 heavy (non-hydrogen) atoms. The Hall–Kier alpha value is -1.36. The highest BCUT2D eigenvalue weighted by Crippen LogP contribution is 2.49. The van der Waals surface area contributed by atoms with E-state index in [0.717, 1.165) is 36.7 Å². The lowest BCUT2D eigenvalue weighted by Gasteiger charge is -2.20. The molecule has 4 rings (SSSR count). The number of anilines is 1. The molecule has 0 aliphatic heterocycles. The van der Waals surface area contributed by atoms with Crippen molar-refractivity contribution in [3.8, 4) is 0 Å². The molecule has 2 bridgehead atoms. The first-order valence-electron chi connectivity index (χ1n) is 8.68. The van der Waals surface area contributed by atoms with Crippen molar-refractivity contribution in [2.75, 3.05) is 12.4 Å². The molecule has 0 unspecified atom stereocenters. The van der Waals surface area contributed by atoms with E-state index in [0.29, 0.717) is 22.9 Å². The molecule has 1 aromatic heterocycles. The SMILES string of the molecule is COC(=O)c1c(NC(=O)C[C@@H]2C[C@H]3CC[C@@H]2C3)sc2c1CCC2. The Labute approximate surface area is 140 Å². The van der Waals surface area contributed by atoms with Crippen molar-refractivity contribution < 1.29 is 14.3 Å². The quantitative estimate of drug-likeness (QED) is 0.853. The number of esters is 1. The molecule has 2 saturated carbocycles. The van der Waals surface area contributed by atoms with E-state index in [1.54, 1.807) is 11.3 Å². The molecule has 0 saturated heterocycles. The van der Waals surface area contributed by atoms with Gasteiger partial charge in [0.15, 0.2) is 0 Å². The normalized spacial score (nSPS) is 28.0. The summed E-state index contributed by atoms with van der Waals surface area (Å²) in [6.45, 7) is 0. The zero-order valence-electron chi connectivity index (χ0n) is 13.5. The second-order valence-electron chi connectivity index (χ2n) is 7.24. The van der Waals surface area contributed by atoms with Gasteiger partial charge in [0.25, 0.3) is 0 Å². The Kier molecular flexibility index (Phi) is 3.92. The van der Waals surface area contributed by atoms with Gasteiger partial charge in [-0.15, -0.1) is 11.3 Å². The molecule has 124 valence electrons. The van der Waals surface area contributed by atoms with Gasteiger partial charge in [0.05, 0.1) is 12.7 Å². The number of aryl methyl sites for hydroxylation is 1. The van der Waals surface area contributed by atoms with Gasteiger partial charge in [-0.2, -0.15) is 0 Å². The fraction of sp³-hybridized carbons (Fsp3) is 0.667. The highest BCUT2D eigenvalue weighted by Gasteiger charge is 2.40. The fourth-order valence-corrected chi connectivity index (χ4v) is 6.15. The maximum absolute atomic E-state index is 12.5. The first-order valence-corrected chi connectivity index (χ1v) is 9.50. The predicted octanol–water partition coefficient (Wildman–Crippen LogP) is 3.79. The largest absolute Gasteiger partial charge is 0.465 e. The van der Waals surface area contributed by atoms with Gasteiger partial charge in [0.1, 0.15) is 5.00 Å². The topological polar surface area (TPSA) is 55.4 Å². The summed E-state index contributed by atoms with van der Waals surface area (Å²) in [7, 11) is 1.40. The first-order chi connectivity index (χ1) is 11.2. The van der Waals surface area contributed by atoms with Gasteiger partial charge in [-0.3, -0.25) is 4.79 Å². The lowest BCUT2D eigenvalue weighted by Crippen LogP contribution is -2.21. The lowest BCUT2D eigenvalue weighted by atomic mass is 9.86. The summed E-state index contributed by atoms with van der Waals surface area (Å²) in [5, 5.41) is 3.72. The van der Waals surface area contributed by atoms with E-state index >= 15 is 0 Å². The summed E-state index contributed by atoms with van der Waals surface area (Å²) in [5.74, 6) is 1.89. The number of carbonyl (C=O) groups excluding carboxylic acids is 2. The maximum atomic E-state index is 12.5. The Morgan fingerprint density at radius 1 is 1.26 bits per heavy atom. The van der Waals surface area contributed by atoms with Crippen molar-refractivity contribution in [2.45, 2.75) is 51.4 Å². The van der Waals surface area contributed by atoms with Crippen molar-refractivity contribution in [3.63, 3.8) is 0 Å². The maximum Gasteiger partial charge on any atom is 0.341 e. The molecular formula is C18H23NO3S. The minimum absolute atomic E-state index is 0.0626. The molecule has 5 heteroatoms. The summed E-state index contributed by atoms with van der Waals surface area (Å²) >= 11 is 1.56. The average molecular weight is 333 g/mol. The Morgan fingerprint density at radius 3 is 2.83 bits per heavy atom. The van der Waals surface area contributed by atoms with E-state index in [2.05, 4.69) is 5.32 Å². The Balaban J connectivity index is 1.48. The lowest BCUT2D eigenvalue weighted by molar-refractivity contribution is -0.117. The van der Waals surface area contributed by atoms with Crippen LogP contribution in [0.1, 0.15) is 59.3 Å². The fourth-order valence-electron chi connectivity index (χ4n) is 4.85. The number of ether oxygens (including phenoxy) is 1. The van der Waals surface area contributed by atoms with Gasteiger partial charge in [0, 0.05) is 11.3 Å². The summed E-state index contributed by atoms with van der Waals surface area (Å²) in [4.78, 5) is 25.8. The average Bonchev–Trinajstić information content (AvgIpc) is 3.26. The zero-order valence-corrected chi connectivity index (χ0v) is 14.3. The van der Waals surface area contributed by atoms with Crippen molar-refractivity contribution in [2.24, 2.45) is 17.8 Å². The van der Waals surface area contributed by atoms with E-state index in [4.69, 9.17) is 4.74 Å². The van der Waals surface area contributed by atoms with Crippen LogP contribution in [-0.2, 0) is 22.4 Å². The van der Waals surface area contributed by atoms with Crippen LogP contribution in [-0.4, -0.2) is 19.0 Å². The third-order valence-electron chi connectivity index (χ3n) is 5.90. The number of carbonyl (C=O) groups is 2. The van der Waals surface area contributed by atoms with Gasteiger partial charge in [-0.25, -0.2) is 4.79 Å². The van der Waals surface area contributed by atoms with E-state index in [1.807, 2.05) is 0 Å². The zero-order chi connectivity index (χ0) is 16.0. The summed E-state index contributed by atoms with van der Waals surface area (Å²) in [6, 6.07) is 0. The molecule has 0 aromatic carbocycles. The smallest absolute Gasteiger partial charge is 0.341 e. The van der Waals surface area contributed by atoms with Crippen LogP contribution in [0.5, 0.6) is 0 Å². The number of fused-ring (bicyclic) bond motifs is 3. The van der Waals surface area contributed by atoms with Crippen LogP contribution in [0.4, 0.5) is 5.00 Å². The molecule has 4 nitrogen and oxygen atoms in total. The molecule has 1 N–H and O–H groups in total. The van der Waals surface area contributed by atoms with Gasteiger partial charge in [-0.1, -0.05) is 6.42 Å². The monoisotopic (exact) mass is 333 g/mol. The van der Waals surface area contributed by atoms with Crippen molar-refractivity contribution >= 4 is 28.2 Å². The van der Waals surface area contributed by atoms with Gasteiger partial charge >= 0.3 is 5.97 Å². The van der Waals surface area contributed by atoms with Crippen LogP contribution in [0.15, 0.2) is 0 Å². The van der Waals surface area contributed by atoms with Crippen LogP contribution in [0, 0.1) is 17.8 Å². The predicted molar refractivity (Wildman–Crippen MR) is 89.9 cm³/mol. The van der Waals surface area contributed by atoms with Gasteiger partial charge in [0.2, 0.25) is 5.91 Å². The number of amides is 1.